The van der Waals surface area contributed by atoms with E-state index in [0.717, 1.165) is 18.9 Å². The van der Waals surface area contributed by atoms with Crippen molar-refractivity contribution < 1.29 is 9.53 Å². The lowest BCUT2D eigenvalue weighted by molar-refractivity contribution is -0.143. The zero-order chi connectivity index (χ0) is 16.4. The maximum atomic E-state index is 11.3. The smallest absolute Gasteiger partial charge is 0.305 e. The molecule has 0 saturated heterocycles. The Morgan fingerprint density at radius 1 is 1.30 bits per heavy atom. The van der Waals surface area contributed by atoms with E-state index in [1.165, 1.54) is 11.1 Å². The Hall–Kier alpha value is -1.31. The van der Waals surface area contributed by atoms with E-state index >= 15 is 0 Å². The van der Waals surface area contributed by atoms with Crippen LogP contribution >= 0.6 is 24.0 Å². The number of nitrogens with one attached hydrogen (secondary N) is 1. The molecule has 0 aromatic heterocycles. The summed E-state index contributed by atoms with van der Waals surface area (Å²) in [5.74, 6) is 0.678. The zero-order valence-electron chi connectivity index (χ0n) is 14.5. The van der Waals surface area contributed by atoms with E-state index in [4.69, 9.17) is 4.74 Å². The van der Waals surface area contributed by atoms with Crippen LogP contribution in [0.15, 0.2) is 29.3 Å². The number of nitrogens with zero attached hydrogens (tertiary/aromatic N) is 2. The summed E-state index contributed by atoms with van der Waals surface area (Å²) in [6.45, 7) is 5.82. The van der Waals surface area contributed by atoms with Gasteiger partial charge in [-0.3, -0.25) is 9.79 Å². The van der Waals surface area contributed by atoms with Crippen LogP contribution in [0.4, 0.5) is 0 Å². The zero-order valence-corrected chi connectivity index (χ0v) is 16.8. The molecule has 5 nitrogen and oxygen atoms in total. The van der Waals surface area contributed by atoms with Crippen LogP contribution in [0, 0.1) is 6.92 Å². The van der Waals surface area contributed by atoms with Crippen LogP contribution in [0.5, 0.6) is 0 Å². The van der Waals surface area contributed by atoms with Gasteiger partial charge >= 0.3 is 5.97 Å². The highest BCUT2D eigenvalue weighted by Gasteiger charge is 2.07. The molecule has 0 bridgehead atoms. The lowest BCUT2D eigenvalue weighted by Crippen LogP contribution is -2.39. The summed E-state index contributed by atoms with van der Waals surface area (Å²) in [5, 5.41) is 3.27. The van der Waals surface area contributed by atoms with Gasteiger partial charge < -0.3 is 15.0 Å². The van der Waals surface area contributed by atoms with Gasteiger partial charge in [-0.2, -0.15) is 0 Å². The molecular weight excluding hydrogens is 405 g/mol. The summed E-state index contributed by atoms with van der Waals surface area (Å²) in [4.78, 5) is 17.6. The molecule has 0 aliphatic heterocycles. The molecular formula is C17H28IN3O2. The summed E-state index contributed by atoms with van der Waals surface area (Å²) >= 11 is 0. The summed E-state index contributed by atoms with van der Waals surface area (Å²) < 4.78 is 4.90. The summed E-state index contributed by atoms with van der Waals surface area (Å²) in [6, 6.07) is 8.47. The maximum absolute atomic E-state index is 11.3. The van der Waals surface area contributed by atoms with E-state index in [1.807, 2.05) is 14.0 Å². The normalized spacial score (nSPS) is 10.7. The Labute approximate surface area is 156 Å². The highest BCUT2D eigenvalue weighted by Crippen LogP contribution is 2.06. The molecule has 1 rings (SSSR count). The Morgan fingerprint density at radius 3 is 2.52 bits per heavy atom. The van der Waals surface area contributed by atoms with Crippen LogP contribution in [-0.4, -0.2) is 44.1 Å². The van der Waals surface area contributed by atoms with Crippen molar-refractivity contribution in [3.05, 3.63) is 35.4 Å². The van der Waals surface area contributed by atoms with E-state index in [0.29, 0.717) is 19.6 Å². The molecule has 0 aliphatic carbocycles. The molecule has 6 heteroatoms. The van der Waals surface area contributed by atoms with Crippen LogP contribution in [0.1, 0.15) is 30.9 Å². The molecule has 0 atom stereocenters. The van der Waals surface area contributed by atoms with Gasteiger partial charge in [-0.15, -0.1) is 24.0 Å². The van der Waals surface area contributed by atoms with Gasteiger partial charge in [0.25, 0.3) is 0 Å². The van der Waals surface area contributed by atoms with E-state index in [1.54, 1.807) is 7.05 Å². The molecule has 0 amide bonds. The van der Waals surface area contributed by atoms with Crippen molar-refractivity contribution in [3.63, 3.8) is 0 Å². The first kappa shape index (κ1) is 21.7. The third-order valence-electron chi connectivity index (χ3n) is 3.26. The third kappa shape index (κ3) is 8.78. The van der Waals surface area contributed by atoms with Crippen molar-refractivity contribution in [2.75, 3.05) is 27.2 Å². The first-order valence-electron chi connectivity index (χ1n) is 7.69. The topological polar surface area (TPSA) is 53.9 Å². The molecule has 0 fully saturated rings. The average molecular weight is 433 g/mol. The van der Waals surface area contributed by atoms with Crippen LogP contribution in [0.25, 0.3) is 0 Å². The van der Waals surface area contributed by atoms with Gasteiger partial charge in [0.15, 0.2) is 5.96 Å². The molecule has 23 heavy (non-hydrogen) atoms. The van der Waals surface area contributed by atoms with Gasteiger partial charge in [0.2, 0.25) is 0 Å². The number of hydrogen-bond donors (Lipinski definition) is 1. The van der Waals surface area contributed by atoms with Gasteiger partial charge in [-0.05, 0) is 25.8 Å². The second-order valence-corrected chi connectivity index (χ2v) is 5.22. The Morgan fingerprint density at radius 2 is 1.96 bits per heavy atom. The molecule has 1 aromatic rings. The molecule has 130 valence electrons. The van der Waals surface area contributed by atoms with E-state index in [9.17, 15) is 4.79 Å². The monoisotopic (exact) mass is 433 g/mol. The summed E-state index contributed by atoms with van der Waals surface area (Å²) in [5.41, 5.74) is 2.50. The fraction of sp³-hybridized carbons (Fsp3) is 0.529. The average Bonchev–Trinajstić information content (AvgIpc) is 2.50. The number of esters is 1. The molecule has 0 heterocycles. The predicted octanol–water partition coefficient (Wildman–Crippen LogP) is 2.96. The minimum atomic E-state index is -0.146. The van der Waals surface area contributed by atoms with Crippen molar-refractivity contribution in [1.29, 1.82) is 0 Å². The fourth-order valence-electron chi connectivity index (χ4n) is 2.09. The second-order valence-electron chi connectivity index (χ2n) is 5.22. The minimum Gasteiger partial charge on any atom is -0.466 e. The molecule has 0 radical (unpaired) electrons. The maximum Gasteiger partial charge on any atom is 0.305 e. The molecule has 1 N–H and O–H groups in total. The van der Waals surface area contributed by atoms with Gasteiger partial charge in [-0.25, -0.2) is 0 Å². The van der Waals surface area contributed by atoms with Gasteiger partial charge in [-0.1, -0.05) is 29.8 Å². The number of rotatable bonds is 7. The first-order chi connectivity index (χ1) is 10.6. The van der Waals surface area contributed by atoms with E-state index < -0.39 is 0 Å². The molecule has 0 saturated carbocycles. The van der Waals surface area contributed by atoms with Crippen molar-refractivity contribution >= 4 is 35.9 Å². The van der Waals surface area contributed by atoms with E-state index in [-0.39, 0.29) is 29.9 Å². The number of aliphatic imine (C=N–C) groups is 1. The quantitative estimate of drug-likeness (QED) is 0.236. The number of halogens is 1. The van der Waals surface area contributed by atoms with Crippen molar-refractivity contribution in [3.8, 4) is 0 Å². The minimum absolute atomic E-state index is 0. The Balaban J connectivity index is 0.00000484. The number of guanidine groups is 1. The first-order valence-corrected chi connectivity index (χ1v) is 7.69. The molecule has 0 unspecified atom stereocenters. The highest BCUT2D eigenvalue weighted by atomic mass is 127. The van der Waals surface area contributed by atoms with Crippen LogP contribution in [-0.2, 0) is 16.1 Å². The second kappa shape index (κ2) is 12.2. The van der Waals surface area contributed by atoms with Crippen LogP contribution < -0.4 is 5.32 Å². The number of carbonyl (C=O) groups excluding carboxylic acids is 1. The molecule has 0 aliphatic rings. The number of benzene rings is 1. The van der Waals surface area contributed by atoms with Crippen LogP contribution in [0.2, 0.25) is 0 Å². The predicted molar refractivity (Wildman–Crippen MR) is 105 cm³/mol. The number of aryl methyl sites for hydroxylation is 1. The Bertz CT molecular complexity index is 489. The van der Waals surface area contributed by atoms with Gasteiger partial charge in [0.05, 0.1) is 6.61 Å². The fourth-order valence-corrected chi connectivity index (χ4v) is 2.09. The van der Waals surface area contributed by atoms with Crippen molar-refractivity contribution in [1.82, 2.24) is 10.2 Å². The number of ether oxygens (including phenoxy) is 1. The molecule has 0 spiro atoms. The van der Waals surface area contributed by atoms with Crippen LogP contribution in [0.3, 0.4) is 0 Å². The number of hydrogen-bond acceptors (Lipinski definition) is 3. The lowest BCUT2D eigenvalue weighted by atomic mass is 10.1. The van der Waals surface area contributed by atoms with E-state index in [2.05, 4.69) is 46.4 Å². The summed E-state index contributed by atoms with van der Waals surface area (Å²) in [6.07, 6.45) is 1.16. The highest BCUT2D eigenvalue weighted by molar-refractivity contribution is 14.0. The van der Waals surface area contributed by atoms with Crippen molar-refractivity contribution in [2.24, 2.45) is 4.99 Å². The van der Waals surface area contributed by atoms with Gasteiger partial charge in [0, 0.05) is 33.6 Å². The Kier molecular flexibility index (Phi) is 11.5. The largest absolute Gasteiger partial charge is 0.466 e. The SMILES string of the molecule is CCOC(=O)CCCNC(=NC)N(C)Cc1ccc(C)cc1.I. The number of carbonyl (C=O) groups is 1. The van der Waals surface area contributed by atoms with Gasteiger partial charge in [0.1, 0.15) is 0 Å². The van der Waals surface area contributed by atoms with Crippen molar-refractivity contribution in [2.45, 2.75) is 33.2 Å². The molecule has 1 aromatic carbocycles. The standard InChI is InChI=1S/C17H27N3O2.HI/c1-5-22-16(21)7-6-12-19-17(18-3)20(4)13-15-10-8-14(2)9-11-15;/h8-11H,5-7,12-13H2,1-4H3,(H,18,19);1H. The summed E-state index contributed by atoms with van der Waals surface area (Å²) in [7, 11) is 3.76. The lowest BCUT2D eigenvalue weighted by Gasteiger charge is -2.22. The third-order valence-corrected chi connectivity index (χ3v) is 3.26.